The molecule has 20 heavy (non-hydrogen) atoms. The van der Waals surface area contributed by atoms with Crippen molar-refractivity contribution >= 4 is 21.8 Å². The van der Waals surface area contributed by atoms with Crippen LogP contribution in [0.3, 0.4) is 0 Å². The number of hydrogen-bond acceptors (Lipinski definition) is 3. The lowest BCUT2D eigenvalue weighted by atomic mass is 10.1. The molecule has 0 spiro atoms. The SMILES string of the molecule is O=C(NCc1cccc(Cn2cncn2)c1)C(F)(F)Br. The van der Waals surface area contributed by atoms with Crippen molar-refractivity contribution in [2.75, 3.05) is 0 Å². The second-order valence-electron chi connectivity index (χ2n) is 4.09. The molecule has 1 aromatic carbocycles. The van der Waals surface area contributed by atoms with Gasteiger partial charge >= 0.3 is 10.7 Å². The molecule has 0 saturated heterocycles. The smallest absolute Gasteiger partial charge is 0.346 e. The van der Waals surface area contributed by atoms with Crippen molar-refractivity contribution in [3.05, 3.63) is 48.0 Å². The monoisotopic (exact) mass is 344 g/mol. The lowest BCUT2D eigenvalue weighted by molar-refractivity contribution is -0.134. The third kappa shape index (κ3) is 4.09. The zero-order chi connectivity index (χ0) is 14.6. The zero-order valence-corrected chi connectivity index (χ0v) is 11.8. The zero-order valence-electron chi connectivity index (χ0n) is 10.3. The van der Waals surface area contributed by atoms with Gasteiger partial charge in [-0.1, -0.05) is 24.3 Å². The molecule has 0 unspecified atom stereocenters. The van der Waals surface area contributed by atoms with Crippen LogP contribution in [0, 0.1) is 0 Å². The van der Waals surface area contributed by atoms with E-state index in [0.29, 0.717) is 6.54 Å². The molecule has 0 aliphatic carbocycles. The first-order valence-corrected chi connectivity index (χ1v) is 6.50. The van der Waals surface area contributed by atoms with E-state index < -0.39 is 10.7 Å². The normalized spacial score (nSPS) is 11.3. The standard InChI is InChI=1S/C12H11BrF2N4O/c13-12(14,15)11(20)17-5-9-2-1-3-10(4-9)6-19-8-16-7-18-19/h1-4,7-8H,5-6H2,(H,17,20). The summed E-state index contributed by atoms with van der Waals surface area (Å²) in [6.07, 6.45) is 3.02. The van der Waals surface area contributed by atoms with Gasteiger partial charge in [-0.15, -0.1) is 0 Å². The molecule has 1 N–H and O–H groups in total. The predicted octanol–water partition coefficient (Wildman–Crippen LogP) is 1.93. The number of carbonyl (C=O) groups is 1. The molecule has 0 radical (unpaired) electrons. The highest BCUT2D eigenvalue weighted by Crippen LogP contribution is 2.21. The van der Waals surface area contributed by atoms with Crippen LogP contribution in [0.4, 0.5) is 8.78 Å². The van der Waals surface area contributed by atoms with Gasteiger partial charge in [0.2, 0.25) is 0 Å². The number of halogens is 3. The summed E-state index contributed by atoms with van der Waals surface area (Å²) in [5, 5.41) is 6.13. The van der Waals surface area contributed by atoms with Gasteiger partial charge in [-0.3, -0.25) is 4.79 Å². The summed E-state index contributed by atoms with van der Waals surface area (Å²) >= 11 is 2.01. The molecule has 106 valence electrons. The lowest BCUT2D eigenvalue weighted by Crippen LogP contribution is -2.35. The predicted molar refractivity (Wildman–Crippen MR) is 71.3 cm³/mol. The lowest BCUT2D eigenvalue weighted by Gasteiger charge is -2.10. The number of benzene rings is 1. The third-order valence-corrected chi connectivity index (χ3v) is 2.87. The van der Waals surface area contributed by atoms with Crippen LogP contribution in [-0.2, 0) is 17.9 Å². The second-order valence-corrected chi connectivity index (χ2v) is 5.09. The molecule has 0 fully saturated rings. The van der Waals surface area contributed by atoms with E-state index in [1.165, 1.54) is 6.33 Å². The Bertz CT molecular complexity index is 583. The summed E-state index contributed by atoms with van der Waals surface area (Å²) in [4.78, 5) is 11.3. The maximum atomic E-state index is 12.6. The maximum Gasteiger partial charge on any atom is 0.377 e. The van der Waals surface area contributed by atoms with Crippen molar-refractivity contribution in [3.63, 3.8) is 0 Å². The highest BCUT2D eigenvalue weighted by molar-refractivity contribution is 9.10. The number of rotatable bonds is 5. The first-order chi connectivity index (χ1) is 9.45. The molecule has 0 bridgehead atoms. The van der Waals surface area contributed by atoms with Crippen LogP contribution in [0.5, 0.6) is 0 Å². The Hall–Kier alpha value is -1.83. The number of alkyl halides is 3. The molecule has 2 aromatic rings. The van der Waals surface area contributed by atoms with Crippen molar-refractivity contribution in [2.24, 2.45) is 0 Å². The minimum absolute atomic E-state index is 0.0330. The van der Waals surface area contributed by atoms with E-state index in [1.807, 2.05) is 28.1 Å². The maximum absolute atomic E-state index is 12.6. The van der Waals surface area contributed by atoms with Gasteiger partial charge in [0.15, 0.2) is 0 Å². The van der Waals surface area contributed by atoms with Crippen LogP contribution < -0.4 is 5.32 Å². The average Bonchev–Trinajstić information content (AvgIpc) is 2.88. The van der Waals surface area contributed by atoms with Crippen LogP contribution in [-0.4, -0.2) is 25.5 Å². The fourth-order valence-electron chi connectivity index (χ4n) is 1.62. The van der Waals surface area contributed by atoms with Gasteiger partial charge in [0.25, 0.3) is 0 Å². The highest BCUT2D eigenvalue weighted by Gasteiger charge is 2.34. The van der Waals surface area contributed by atoms with Gasteiger partial charge < -0.3 is 5.32 Å². The van der Waals surface area contributed by atoms with E-state index in [4.69, 9.17) is 0 Å². The molecule has 1 heterocycles. The molecule has 8 heteroatoms. The Labute approximate surface area is 122 Å². The second kappa shape index (κ2) is 6.08. The minimum atomic E-state index is -3.55. The number of aromatic nitrogens is 3. The minimum Gasteiger partial charge on any atom is -0.346 e. The van der Waals surface area contributed by atoms with Gasteiger partial charge in [0, 0.05) is 22.5 Å². The summed E-state index contributed by atoms with van der Waals surface area (Å²) in [6.45, 7) is 0.557. The summed E-state index contributed by atoms with van der Waals surface area (Å²) < 4.78 is 26.9. The Balaban J connectivity index is 1.98. The summed E-state index contributed by atoms with van der Waals surface area (Å²) in [7, 11) is 0. The Kier molecular flexibility index (Phi) is 4.43. The molecule has 2 rings (SSSR count). The molecule has 1 amide bonds. The van der Waals surface area contributed by atoms with Gasteiger partial charge in [0.1, 0.15) is 12.7 Å². The molecule has 0 aliphatic rings. The van der Waals surface area contributed by atoms with Gasteiger partial charge in [-0.05, 0) is 11.1 Å². The molecular formula is C12H11BrF2N4O. The fourth-order valence-corrected chi connectivity index (χ4v) is 1.76. The Morgan fingerprint density at radius 1 is 1.40 bits per heavy atom. The molecule has 0 atom stereocenters. The summed E-state index contributed by atoms with van der Waals surface area (Å²) in [6, 6.07) is 7.23. The van der Waals surface area contributed by atoms with Crippen molar-refractivity contribution in [1.29, 1.82) is 0 Å². The van der Waals surface area contributed by atoms with Crippen LogP contribution in [0.15, 0.2) is 36.9 Å². The van der Waals surface area contributed by atoms with Crippen molar-refractivity contribution in [2.45, 2.75) is 17.9 Å². The van der Waals surface area contributed by atoms with E-state index in [1.54, 1.807) is 23.1 Å². The highest BCUT2D eigenvalue weighted by atomic mass is 79.9. The molecule has 0 saturated carbocycles. The van der Waals surface area contributed by atoms with Crippen molar-refractivity contribution in [3.8, 4) is 0 Å². The van der Waals surface area contributed by atoms with E-state index in [0.717, 1.165) is 11.1 Å². The fraction of sp³-hybridized carbons (Fsp3) is 0.250. The van der Waals surface area contributed by atoms with Gasteiger partial charge in [-0.2, -0.15) is 13.9 Å². The quantitative estimate of drug-likeness (QED) is 0.843. The van der Waals surface area contributed by atoms with Gasteiger partial charge in [-0.25, -0.2) is 9.67 Å². The Morgan fingerprint density at radius 3 is 2.80 bits per heavy atom. The number of nitrogens with zero attached hydrogens (tertiary/aromatic N) is 3. The van der Waals surface area contributed by atoms with Crippen molar-refractivity contribution in [1.82, 2.24) is 20.1 Å². The number of hydrogen-bond donors (Lipinski definition) is 1. The number of carbonyl (C=O) groups excluding carboxylic acids is 1. The van der Waals surface area contributed by atoms with Crippen molar-refractivity contribution < 1.29 is 13.6 Å². The van der Waals surface area contributed by atoms with E-state index in [9.17, 15) is 13.6 Å². The summed E-state index contributed by atoms with van der Waals surface area (Å²) in [5.74, 6) is -1.36. The molecular weight excluding hydrogens is 334 g/mol. The topological polar surface area (TPSA) is 59.8 Å². The van der Waals surface area contributed by atoms with Crippen LogP contribution in [0.2, 0.25) is 0 Å². The van der Waals surface area contributed by atoms with Crippen LogP contribution in [0.1, 0.15) is 11.1 Å². The van der Waals surface area contributed by atoms with E-state index >= 15 is 0 Å². The third-order valence-electron chi connectivity index (χ3n) is 2.51. The van der Waals surface area contributed by atoms with E-state index in [2.05, 4.69) is 15.4 Å². The summed E-state index contributed by atoms with van der Waals surface area (Å²) in [5.41, 5.74) is 1.67. The van der Waals surface area contributed by atoms with Crippen LogP contribution >= 0.6 is 15.9 Å². The largest absolute Gasteiger partial charge is 0.377 e. The van der Waals surface area contributed by atoms with Crippen LogP contribution in [0.25, 0.3) is 0 Å². The average molecular weight is 345 g/mol. The van der Waals surface area contributed by atoms with E-state index in [-0.39, 0.29) is 6.54 Å². The molecule has 0 aliphatic heterocycles. The molecule has 1 aromatic heterocycles. The number of nitrogens with one attached hydrogen (secondary N) is 1. The first kappa shape index (κ1) is 14.6. The first-order valence-electron chi connectivity index (χ1n) is 5.70. The number of amides is 1. The van der Waals surface area contributed by atoms with Gasteiger partial charge in [0.05, 0.1) is 6.54 Å². The Morgan fingerprint density at radius 2 is 2.15 bits per heavy atom. The molecule has 5 nitrogen and oxygen atoms in total.